The van der Waals surface area contributed by atoms with Gasteiger partial charge in [0.25, 0.3) is 5.91 Å². The Hall–Kier alpha value is -1.43. The second-order valence-electron chi connectivity index (χ2n) is 4.46. The molecular formula is C13H20N2O3S. The van der Waals surface area contributed by atoms with Crippen molar-refractivity contribution in [3.05, 3.63) is 29.6 Å². The molecule has 1 aromatic rings. The molecule has 0 spiro atoms. The molecule has 0 bridgehead atoms. The van der Waals surface area contributed by atoms with E-state index in [1.54, 1.807) is 13.1 Å². The standard InChI is InChI=1S/C13H20N2O3S/c1-4-6-10(3)19(17,18)15-13(16)12-7-8-14-9-11(12)5-2/h7-10H,4-6H2,1-3H3,(H,15,16)/t10-/m0/s1. The van der Waals surface area contributed by atoms with Crippen LogP contribution in [0.5, 0.6) is 0 Å². The van der Waals surface area contributed by atoms with Gasteiger partial charge in [-0.05, 0) is 31.4 Å². The van der Waals surface area contributed by atoms with Crippen molar-refractivity contribution in [3.8, 4) is 0 Å². The maximum absolute atomic E-state index is 12.0. The van der Waals surface area contributed by atoms with Crippen molar-refractivity contribution in [1.82, 2.24) is 9.71 Å². The van der Waals surface area contributed by atoms with Crippen molar-refractivity contribution in [3.63, 3.8) is 0 Å². The molecule has 0 aliphatic rings. The lowest BCUT2D eigenvalue weighted by molar-refractivity contribution is 0.0980. The number of hydrogen-bond acceptors (Lipinski definition) is 4. The molecule has 1 N–H and O–H groups in total. The highest BCUT2D eigenvalue weighted by Gasteiger charge is 2.23. The van der Waals surface area contributed by atoms with Gasteiger partial charge in [-0.3, -0.25) is 9.78 Å². The molecular weight excluding hydrogens is 264 g/mol. The summed E-state index contributed by atoms with van der Waals surface area (Å²) in [6, 6.07) is 1.54. The molecule has 6 heteroatoms. The Bertz CT molecular complexity index is 541. The molecule has 0 fully saturated rings. The zero-order valence-electron chi connectivity index (χ0n) is 11.5. The van der Waals surface area contributed by atoms with E-state index < -0.39 is 21.2 Å². The lowest BCUT2D eigenvalue weighted by atomic mass is 10.1. The normalized spacial score (nSPS) is 13.0. The monoisotopic (exact) mass is 284 g/mol. The largest absolute Gasteiger partial charge is 0.268 e. The first-order chi connectivity index (χ1) is 8.92. The van der Waals surface area contributed by atoms with Gasteiger partial charge in [-0.1, -0.05) is 20.3 Å². The van der Waals surface area contributed by atoms with Gasteiger partial charge in [0.2, 0.25) is 10.0 Å². The van der Waals surface area contributed by atoms with Crippen LogP contribution in [0.25, 0.3) is 0 Å². The molecule has 1 heterocycles. The van der Waals surface area contributed by atoms with Gasteiger partial charge in [0, 0.05) is 18.0 Å². The average Bonchev–Trinajstić information content (AvgIpc) is 2.38. The SMILES string of the molecule is CCC[C@H](C)S(=O)(=O)NC(=O)c1ccncc1CC. The van der Waals surface area contributed by atoms with Crippen LogP contribution in [-0.4, -0.2) is 24.6 Å². The van der Waals surface area contributed by atoms with Crippen molar-refractivity contribution in [2.45, 2.75) is 45.3 Å². The van der Waals surface area contributed by atoms with E-state index in [2.05, 4.69) is 9.71 Å². The molecule has 0 aliphatic carbocycles. The highest BCUT2D eigenvalue weighted by atomic mass is 32.2. The van der Waals surface area contributed by atoms with E-state index in [1.165, 1.54) is 12.3 Å². The smallest absolute Gasteiger partial charge is 0.265 e. The molecule has 0 unspecified atom stereocenters. The summed E-state index contributed by atoms with van der Waals surface area (Å²) in [7, 11) is -3.61. The summed E-state index contributed by atoms with van der Waals surface area (Å²) in [5.74, 6) is -0.581. The maximum atomic E-state index is 12.0. The Morgan fingerprint density at radius 3 is 2.68 bits per heavy atom. The zero-order chi connectivity index (χ0) is 14.5. The van der Waals surface area contributed by atoms with E-state index in [-0.39, 0.29) is 0 Å². The summed E-state index contributed by atoms with van der Waals surface area (Å²) in [4.78, 5) is 16.0. The fourth-order valence-corrected chi connectivity index (χ4v) is 2.89. The van der Waals surface area contributed by atoms with Crippen LogP contribution < -0.4 is 4.72 Å². The number of aromatic nitrogens is 1. The second kappa shape index (κ2) is 6.65. The second-order valence-corrected chi connectivity index (χ2v) is 6.56. The van der Waals surface area contributed by atoms with Crippen LogP contribution in [0.15, 0.2) is 18.5 Å². The van der Waals surface area contributed by atoms with E-state index >= 15 is 0 Å². The maximum Gasteiger partial charge on any atom is 0.265 e. The van der Waals surface area contributed by atoms with Crippen LogP contribution in [0.4, 0.5) is 0 Å². The highest BCUT2D eigenvalue weighted by molar-refractivity contribution is 7.90. The van der Waals surface area contributed by atoms with Crippen molar-refractivity contribution in [1.29, 1.82) is 0 Å². The molecule has 19 heavy (non-hydrogen) atoms. The van der Waals surface area contributed by atoms with Crippen molar-refractivity contribution >= 4 is 15.9 Å². The highest BCUT2D eigenvalue weighted by Crippen LogP contribution is 2.11. The number of carbonyl (C=O) groups is 1. The van der Waals surface area contributed by atoms with E-state index in [1.807, 2.05) is 13.8 Å². The third-order valence-electron chi connectivity index (χ3n) is 2.99. The minimum absolute atomic E-state index is 0.366. The predicted octanol–water partition coefficient (Wildman–Crippen LogP) is 1.89. The predicted molar refractivity (Wildman–Crippen MR) is 74.4 cm³/mol. The minimum Gasteiger partial charge on any atom is -0.268 e. The van der Waals surface area contributed by atoms with Crippen LogP contribution in [0, 0.1) is 0 Å². The fourth-order valence-electron chi connectivity index (χ4n) is 1.78. The topological polar surface area (TPSA) is 76.1 Å². The third-order valence-corrected chi connectivity index (χ3v) is 4.75. The molecule has 0 radical (unpaired) electrons. The van der Waals surface area contributed by atoms with Gasteiger partial charge in [0.1, 0.15) is 0 Å². The molecule has 1 rings (SSSR count). The zero-order valence-corrected chi connectivity index (χ0v) is 12.3. The molecule has 1 amide bonds. The molecule has 106 valence electrons. The Labute approximate surface area is 114 Å². The average molecular weight is 284 g/mol. The van der Waals surface area contributed by atoms with Gasteiger partial charge in [-0.2, -0.15) is 0 Å². The van der Waals surface area contributed by atoms with Gasteiger partial charge in [0.05, 0.1) is 5.25 Å². The summed E-state index contributed by atoms with van der Waals surface area (Å²) >= 11 is 0. The molecule has 0 aliphatic heterocycles. The van der Waals surface area contributed by atoms with E-state index in [4.69, 9.17) is 0 Å². The summed E-state index contributed by atoms with van der Waals surface area (Å²) in [5.41, 5.74) is 1.10. The number of nitrogens with zero attached hydrogens (tertiary/aromatic N) is 1. The van der Waals surface area contributed by atoms with Gasteiger partial charge < -0.3 is 0 Å². The molecule has 1 atom stereocenters. The number of pyridine rings is 1. The summed E-state index contributed by atoms with van der Waals surface area (Å²) < 4.78 is 26.0. The fraction of sp³-hybridized carbons (Fsp3) is 0.538. The number of carbonyl (C=O) groups excluding carboxylic acids is 1. The first kappa shape index (κ1) is 15.6. The summed E-state index contributed by atoms with van der Waals surface area (Å²) in [6.07, 6.45) is 4.97. The van der Waals surface area contributed by atoms with Crippen molar-refractivity contribution < 1.29 is 13.2 Å². The Balaban J connectivity index is 2.91. The van der Waals surface area contributed by atoms with E-state index in [0.29, 0.717) is 18.4 Å². The molecule has 0 aromatic carbocycles. The number of hydrogen-bond donors (Lipinski definition) is 1. The number of aryl methyl sites for hydroxylation is 1. The molecule has 1 aromatic heterocycles. The lowest BCUT2D eigenvalue weighted by Gasteiger charge is -2.14. The lowest BCUT2D eigenvalue weighted by Crippen LogP contribution is -2.37. The quantitative estimate of drug-likeness (QED) is 0.865. The molecule has 0 saturated heterocycles. The van der Waals surface area contributed by atoms with Crippen molar-refractivity contribution in [2.75, 3.05) is 0 Å². The summed E-state index contributed by atoms with van der Waals surface area (Å²) in [5, 5.41) is -0.576. The van der Waals surface area contributed by atoms with Gasteiger partial charge in [-0.25, -0.2) is 13.1 Å². The first-order valence-electron chi connectivity index (χ1n) is 6.41. The Morgan fingerprint density at radius 2 is 2.11 bits per heavy atom. The van der Waals surface area contributed by atoms with Gasteiger partial charge in [-0.15, -0.1) is 0 Å². The Kier molecular flexibility index (Phi) is 5.47. The number of rotatable bonds is 6. The Morgan fingerprint density at radius 1 is 1.42 bits per heavy atom. The van der Waals surface area contributed by atoms with Crippen LogP contribution >= 0.6 is 0 Å². The van der Waals surface area contributed by atoms with Crippen LogP contribution in [0.1, 0.15) is 49.5 Å². The molecule has 5 nitrogen and oxygen atoms in total. The van der Waals surface area contributed by atoms with E-state index in [0.717, 1.165) is 12.0 Å². The van der Waals surface area contributed by atoms with Gasteiger partial charge in [0.15, 0.2) is 0 Å². The minimum atomic E-state index is -3.61. The molecule has 0 saturated carbocycles. The first-order valence-corrected chi connectivity index (χ1v) is 7.95. The number of nitrogens with one attached hydrogen (secondary N) is 1. The third kappa shape index (κ3) is 4.02. The van der Waals surface area contributed by atoms with Crippen LogP contribution in [0.3, 0.4) is 0 Å². The number of sulfonamides is 1. The summed E-state index contributed by atoms with van der Waals surface area (Å²) in [6.45, 7) is 5.40. The van der Waals surface area contributed by atoms with E-state index in [9.17, 15) is 13.2 Å². The number of amides is 1. The van der Waals surface area contributed by atoms with Crippen LogP contribution in [0.2, 0.25) is 0 Å². The van der Waals surface area contributed by atoms with Gasteiger partial charge >= 0.3 is 0 Å². The van der Waals surface area contributed by atoms with Crippen molar-refractivity contribution in [2.24, 2.45) is 0 Å². The van der Waals surface area contributed by atoms with Crippen LogP contribution in [-0.2, 0) is 16.4 Å².